The van der Waals surface area contributed by atoms with Crippen LogP contribution in [0.3, 0.4) is 0 Å². The lowest BCUT2D eigenvalue weighted by Crippen LogP contribution is -2.35. The van der Waals surface area contributed by atoms with Crippen molar-refractivity contribution in [3.63, 3.8) is 0 Å². The van der Waals surface area contributed by atoms with Gasteiger partial charge in [-0.15, -0.1) is 0 Å². The van der Waals surface area contributed by atoms with E-state index in [2.05, 4.69) is 13.8 Å². The lowest BCUT2D eigenvalue weighted by Gasteiger charge is -2.30. The second-order valence-corrected chi connectivity index (χ2v) is 4.58. The van der Waals surface area contributed by atoms with Crippen molar-refractivity contribution in [1.29, 1.82) is 0 Å². The van der Waals surface area contributed by atoms with Gasteiger partial charge < -0.3 is 10.8 Å². The molecule has 0 bridgehead atoms. The fraction of sp³-hybridized carbons (Fsp3) is 0.900. The van der Waals surface area contributed by atoms with E-state index in [1.54, 1.807) is 0 Å². The zero-order chi connectivity index (χ0) is 10.1. The molecule has 0 spiro atoms. The van der Waals surface area contributed by atoms with Crippen LogP contribution in [0.5, 0.6) is 0 Å². The summed E-state index contributed by atoms with van der Waals surface area (Å²) in [6.45, 7) is 4.81. The first-order valence-electron chi connectivity index (χ1n) is 4.92. The van der Waals surface area contributed by atoms with Gasteiger partial charge in [-0.05, 0) is 36.6 Å². The third-order valence-electron chi connectivity index (χ3n) is 3.47. The fourth-order valence-corrected chi connectivity index (χ4v) is 2.74. The molecule has 0 heterocycles. The van der Waals surface area contributed by atoms with Gasteiger partial charge in [-0.3, -0.25) is 4.79 Å². The van der Waals surface area contributed by atoms with Crippen molar-refractivity contribution in [2.75, 3.05) is 6.54 Å². The van der Waals surface area contributed by atoms with Crippen molar-refractivity contribution in [2.45, 2.75) is 33.1 Å². The van der Waals surface area contributed by atoms with Crippen LogP contribution in [0.4, 0.5) is 0 Å². The first-order valence-corrected chi connectivity index (χ1v) is 4.92. The maximum atomic E-state index is 10.7. The second kappa shape index (κ2) is 3.66. The van der Waals surface area contributed by atoms with Gasteiger partial charge in [0.1, 0.15) is 0 Å². The largest absolute Gasteiger partial charge is 0.481 e. The van der Waals surface area contributed by atoms with Crippen LogP contribution in [-0.4, -0.2) is 17.6 Å². The molecule has 3 atom stereocenters. The summed E-state index contributed by atoms with van der Waals surface area (Å²) in [5.74, 6) is 0.355. The Morgan fingerprint density at radius 3 is 2.54 bits per heavy atom. The first-order chi connectivity index (χ1) is 6.00. The van der Waals surface area contributed by atoms with Crippen molar-refractivity contribution in [3.8, 4) is 0 Å². The summed E-state index contributed by atoms with van der Waals surface area (Å²) in [7, 11) is 0. The Hall–Kier alpha value is -0.570. The van der Waals surface area contributed by atoms with Crippen LogP contribution in [0.2, 0.25) is 0 Å². The SMILES string of the molecule is CC1CC(C)C(CN)(CC(=O)O)C1. The zero-order valence-corrected chi connectivity index (χ0v) is 8.42. The maximum Gasteiger partial charge on any atom is 0.303 e. The Bertz CT molecular complexity index is 205. The summed E-state index contributed by atoms with van der Waals surface area (Å²) in [5.41, 5.74) is 5.57. The number of rotatable bonds is 3. The van der Waals surface area contributed by atoms with Crippen LogP contribution in [0.15, 0.2) is 0 Å². The summed E-state index contributed by atoms with van der Waals surface area (Å²) in [5, 5.41) is 8.82. The lowest BCUT2D eigenvalue weighted by molar-refractivity contribution is -0.140. The molecular formula is C10H19NO2. The van der Waals surface area contributed by atoms with Crippen LogP contribution >= 0.6 is 0 Å². The first kappa shape index (κ1) is 10.5. The van der Waals surface area contributed by atoms with E-state index in [1.165, 1.54) is 0 Å². The topological polar surface area (TPSA) is 63.3 Å². The summed E-state index contributed by atoms with van der Waals surface area (Å²) < 4.78 is 0. The quantitative estimate of drug-likeness (QED) is 0.700. The number of carboxylic acid groups (broad SMARTS) is 1. The van der Waals surface area contributed by atoms with Gasteiger partial charge in [0.25, 0.3) is 0 Å². The molecule has 1 rings (SSSR count). The fourth-order valence-electron chi connectivity index (χ4n) is 2.74. The van der Waals surface area contributed by atoms with Crippen LogP contribution < -0.4 is 5.73 Å². The normalized spacial score (nSPS) is 39.3. The van der Waals surface area contributed by atoms with Gasteiger partial charge in [0, 0.05) is 0 Å². The molecule has 3 unspecified atom stereocenters. The highest BCUT2D eigenvalue weighted by Gasteiger charge is 2.43. The predicted octanol–water partition coefficient (Wildman–Crippen LogP) is 1.47. The molecular weight excluding hydrogens is 166 g/mol. The number of carboxylic acids is 1. The molecule has 0 aromatic carbocycles. The summed E-state index contributed by atoms with van der Waals surface area (Å²) in [6.07, 6.45) is 2.32. The van der Waals surface area contributed by atoms with Crippen molar-refractivity contribution in [1.82, 2.24) is 0 Å². The Morgan fingerprint density at radius 1 is 1.62 bits per heavy atom. The standard InChI is InChI=1S/C10H19NO2/c1-7-3-8(2)10(4-7,6-11)5-9(12)13/h7-8H,3-6,11H2,1-2H3,(H,12,13). The van der Waals surface area contributed by atoms with Gasteiger partial charge in [0.15, 0.2) is 0 Å². The Labute approximate surface area is 79.3 Å². The molecule has 3 heteroatoms. The van der Waals surface area contributed by atoms with Gasteiger partial charge >= 0.3 is 5.97 Å². The number of nitrogens with two attached hydrogens (primary N) is 1. The summed E-state index contributed by atoms with van der Waals surface area (Å²) >= 11 is 0. The van der Waals surface area contributed by atoms with E-state index in [1.807, 2.05) is 0 Å². The molecule has 3 nitrogen and oxygen atoms in total. The van der Waals surface area contributed by atoms with E-state index in [0.29, 0.717) is 18.4 Å². The Balaban J connectivity index is 2.74. The Morgan fingerprint density at radius 2 is 2.23 bits per heavy atom. The molecule has 76 valence electrons. The third kappa shape index (κ3) is 2.02. The molecule has 0 radical (unpaired) electrons. The second-order valence-electron chi connectivity index (χ2n) is 4.58. The molecule has 1 fully saturated rings. The average molecular weight is 185 g/mol. The van der Waals surface area contributed by atoms with Gasteiger partial charge in [-0.1, -0.05) is 13.8 Å². The van der Waals surface area contributed by atoms with Crippen molar-refractivity contribution in [3.05, 3.63) is 0 Å². The minimum atomic E-state index is -0.716. The van der Waals surface area contributed by atoms with E-state index < -0.39 is 5.97 Å². The van der Waals surface area contributed by atoms with Crippen molar-refractivity contribution < 1.29 is 9.90 Å². The highest BCUT2D eigenvalue weighted by Crippen LogP contribution is 2.47. The van der Waals surface area contributed by atoms with E-state index >= 15 is 0 Å². The predicted molar refractivity (Wildman–Crippen MR) is 51.3 cm³/mol. The molecule has 0 aromatic heterocycles. The molecule has 1 aliphatic rings. The Kier molecular flexibility index (Phi) is 2.96. The minimum absolute atomic E-state index is 0.134. The number of hydrogen-bond acceptors (Lipinski definition) is 2. The number of aliphatic carboxylic acids is 1. The van der Waals surface area contributed by atoms with Crippen LogP contribution in [0.25, 0.3) is 0 Å². The van der Waals surface area contributed by atoms with E-state index in [-0.39, 0.29) is 11.8 Å². The summed E-state index contributed by atoms with van der Waals surface area (Å²) in [6, 6.07) is 0. The molecule has 0 amide bonds. The molecule has 0 aliphatic heterocycles. The van der Waals surface area contributed by atoms with Gasteiger partial charge in [-0.25, -0.2) is 0 Å². The maximum absolute atomic E-state index is 10.7. The third-order valence-corrected chi connectivity index (χ3v) is 3.47. The van der Waals surface area contributed by atoms with Crippen molar-refractivity contribution in [2.24, 2.45) is 23.0 Å². The zero-order valence-electron chi connectivity index (χ0n) is 8.42. The number of carbonyl (C=O) groups is 1. The van der Waals surface area contributed by atoms with Crippen LogP contribution in [0, 0.1) is 17.3 Å². The molecule has 1 saturated carbocycles. The summed E-state index contributed by atoms with van der Waals surface area (Å²) in [4.78, 5) is 10.7. The highest BCUT2D eigenvalue weighted by atomic mass is 16.4. The minimum Gasteiger partial charge on any atom is -0.481 e. The highest BCUT2D eigenvalue weighted by molar-refractivity contribution is 5.67. The average Bonchev–Trinajstić information content (AvgIpc) is 2.26. The lowest BCUT2D eigenvalue weighted by atomic mass is 9.76. The monoisotopic (exact) mass is 185 g/mol. The van der Waals surface area contributed by atoms with Gasteiger partial charge in [0.2, 0.25) is 0 Å². The van der Waals surface area contributed by atoms with E-state index in [9.17, 15) is 4.79 Å². The van der Waals surface area contributed by atoms with E-state index in [4.69, 9.17) is 10.8 Å². The molecule has 1 aliphatic carbocycles. The molecule has 13 heavy (non-hydrogen) atoms. The van der Waals surface area contributed by atoms with Crippen LogP contribution in [-0.2, 0) is 4.79 Å². The molecule has 0 saturated heterocycles. The van der Waals surface area contributed by atoms with Crippen molar-refractivity contribution >= 4 is 5.97 Å². The molecule has 3 N–H and O–H groups in total. The molecule has 0 aromatic rings. The number of hydrogen-bond donors (Lipinski definition) is 2. The van der Waals surface area contributed by atoms with Gasteiger partial charge in [-0.2, -0.15) is 0 Å². The van der Waals surface area contributed by atoms with Gasteiger partial charge in [0.05, 0.1) is 6.42 Å². The van der Waals surface area contributed by atoms with Crippen LogP contribution in [0.1, 0.15) is 33.1 Å². The smallest absolute Gasteiger partial charge is 0.303 e. The van der Waals surface area contributed by atoms with E-state index in [0.717, 1.165) is 12.8 Å².